The minimum atomic E-state index is -0.936. The van der Waals surface area contributed by atoms with Gasteiger partial charge in [0, 0.05) is 0 Å². The van der Waals surface area contributed by atoms with Crippen molar-refractivity contribution < 1.29 is 37.1 Å². The van der Waals surface area contributed by atoms with Gasteiger partial charge in [0.1, 0.15) is 0 Å². The third-order valence-corrected chi connectivity index (χ3v) is 10.5. The molecule has 0 amide bonds. The number of hydrogen-bond donors (Lipinski definition) is 1. The Bertz CT molecular complexity index is 322. The molecule has 1 N–H and O–H groups in total. The van der Waals surface area contributed by atoms with Gasteiger partial charge < -0.3 is 0 Å². The van der Waals surface area contributed by atoms with Crippen molar-refractivity contribution in [1.82, 2.24) is 0 Å². The zero-order valence-corrected chi connectivity index (χ0v) is 14.2. The van der Waals surface area contributed by atoms with E-state index in [1.165, 1.54) is 12.5 Å². The molecule has 74 valence electrons. The standard InChI is InChI=1S/C7H6O3S.C2H5.Hg.Na.H/c8-7(9)5-3-1-2-4-6(5)10-11;1-2;;;/h1-4,11H,(H,8,9);1H2,2H3;;;/q;;+1;;/p-1. The molecule has 0 aromatic heterocycles. The van der Waals surface area contributed by atoms with Gasteiger partial charge in [-0.15, -0.1) is 0 Å². The molecule has 0 saturated carbocycles. The molecule has 1 rings (SSSR count). The number of rotatable bonds is 5. The molecule has 1 aromatic carbocycles. The van der Waals surface area contributed by atoms with Crippen LogP contribution in [-0.2, 0) is 23.1 Å². The van der Waals surface area contributed by atoms with Crippen LogP contribution in [0.5, 0.6) is 5.75 Å². The molecule has 3 nitrogen and oxygen atoms in total. The summed E-state index contributed by atoms with van der Waals surface area (Å²) in [6, 6.07) is 6.73. The molecule has 0 heterocycles. The first kappa shape index (κ1) is 15.8. The number of hydrogen-bond acceptors (Lipinski definition) is 3. The second kappa shape index (κ2) is 8.87. The maximum absolute atomic E-state index is 10.8. The van der Waals surface area contributed by atoms with Gasteiger partial charge in [-0.1, -0.05) is 0 Å². The van der Waals surface area contributed by atoms with Crippen LogP contribution in [0.1, 0.15) is 17.3 Å². The maximum atomic E-state index is 10.8. The molecule has 0 atom stereocenters. The number of carbonyl (C=O) groups is 1. The Hall–Kier alpha value is 0.775. The van der Waals surface area contributed by atoms with Crippen molar-refractivity contribution in [2.45, 2.75) is 10.9 Å². The van der Waals surface area contributed by atoms with Gasteiger partial charge >= 0.3 is 128 Å². The molecule has 0 radical (unpaired) electrons. The Morgan fingerprint density at radius 2 is 2.20 bits per heavy atom. The third-order valence-electron chi connectivity index (χ3n) is 1.55. The van der Waals surface area contributed by atoms with Crippen molar-refractivity contribution in [1.29, 1.82) is 0 Å². The van der Waals surface area contributed by atoms with Gasteiger partial charge in [0.25, 0.3) is 0 Å². The summed E-state index contributed by atoms with van der Waals surface area (Å²) in [7, 11) is 1.50. The van der Waals surface area contributed by atoms with Gasteiger partial charge in [0.05, 0.1) is 0 Å². The molecule has 1 aromatic rings. The van der Waals surface area contributed by atoms with Crippen molar-refractivity contribution in [3.8, 4) is 5.75 Å². The average molecular weight is 423 g/mol. The number of aromatic carboxylic acids is 1. The predicted octanol–water partition coefficient (Wildman–Crippen LogP) is 2.20. The summed E-state index contributed by atoms with van der Waals surface area (Å²) in [4.78, 5) is 10.8. The third kappa shape index (κ3) is 5.59. The van der Waals surface area contributed by atoms with Crippen molar-refractivity contribution in [2.24, 2.45) is 0 Å². The number of para-hydroxylation sites is 1. The Morgan fingerprint density at radius 1 is 1.53 bits per heavy atom. The Morgan fingerprint density at radius 3 is 2.80 bits per heavy atom. The molecule has 15 heavy (non-hydrogen) atoms. The summed E-state index contributed by atoms with van der Waals surface area (Å²) in [6.45, 7) is 2.14. The number of benzene rings is 1. The van der Waals surface area contributed by atoms with Crippen LogP contribution in [0.2, 0.25) is 3.93 Å². The molecule has 6 heteroatoms. The summed E-state index contributed by atoms with van der Waals surface area (Å²) in [5, 5.41) is 8.85. The van der Waals surface area contributed by atoms with E-state index in [-0.39, 0.29) is 35.1 Å². The Labute approximate surface area is 126 Å². The Kier molecular flexibility index (Phi) is 9.33. The molecule has 0 aliphatic rings. The first-order chi connectivity index (χ1) is 6.75. The van der Waals surface area contributed by atoms with Crippen LogP contribution in [0.3, 0.4) is 0 Å². The van der Waals surface area contributed by atoms with Crippen LogP contribution in [0.4, 0.5) is 0 Å². The predicted molar refractivity (Wildman–Crippen MR) is 59.3 cm³/mol. The van der Waals surface area contributed by atoms with Crippen LogP contribution < -0.4 is 4.18 Å². The fraction of sp³-hybridized carbons (Fsp3) is 0.222. The average Bonchev–Trinajstić information content (AvgIpc) is 2.19. The molecular weight excluding hydrogens is 412 g/mol. The van der Waals surface area contributed by atoms with Crippen molar-refractivity contribution >= 4 is 44.0 Å². The summed E-state index contributed by atoms with van der Waals surface area (Å²) in [5.74, 6) is -0.465. The van der Waals surface area contributed by atoms with E-state index < -0.39 is 29.0 Å². The molecular formula is C9H11HgNaO3S. The summed E-state index contributed by atoms with van der Waals surface area (Å²) in [6.07, 6.45) is 0. The van der Waals surface area contributed by atoms with Crippen LogP contribution in [0, 0.1) is 0 Å². The second-order valence-electron chi connectivity index (χ2n) is 2.71. The van der Waals surface area contributed by atoms with E-state index in [0.29, 0.717) is 5.75 Å². The molecule has 0 bridgehead atoms. The van der Waals surface area contributed by atoms with Gasteiger partial charge in [0.2, 0.25) is 0 Å². The van der Waals surface area contributed by atoms with E-state index in [0.717, 1.165) is 0 Å². The minimum absolute atomic E-state index is 0. The SMILES string of the molecule is C[CH2][Hg][S]Oc1ccccc1C(=O)O.[NaH]. The monoisotopic (exact) mass is 424 g/mol. The molecule has 0 spiro atoms. The summed E-state index contributed by atoms with van der Waals surface area (Å²) < 4.78 is 6.60. The normalized spacial score (nSPS) is 8.60. The zero-order valence-electron chi connectivity index (χ0n) is 7.90. The Balaban J connectivity index is 0.00000196. The first-order valence-electron chi connectivity index (χ1n) is 4.37. The van der Waals surface area contributed by atoms with Crippen LogP contribution in [0.15, 0.2) is 24.3 Å². The summed E-state index contributed by atoms with van der Waals surface area (Å²) >= 11 is -0.931. The number of carboxylic acids is 1. The van der Waals surface area contributed by atoms with Crippen molar-refractivity contribution in [3.63, 3.8) is 0 Å². The molecule has 0 aliphatic carbocycles. The van der Waals surface area contributed by atoms with E-state index in [1.807, 2.05) is 0 Å². The van der Waals surface area contributed by atoms with Gasteiger partial charge in [-0.2, -0.15) is 0 Å². The van der Waals surface area contributed by atoms with E-state index in [2.05, 4.69) is 6.92 Å². The quantitative estimate of drug-likeness (QED) is 0.449. The molecule has 0 fully saturated rings. The van der Waals surface area contributed by atoms with E-state index >= 15 is 0 Å². The fourth-order valence-corrected chi connectivity index (χ4v) is 5.82. The number of carboxylic acid groups (broad SMARTS) is 1. The van der Waals surface area contributed by atoms with E-state index in [4.69, 9.17) is 9.29 Å². The first-order valence-corrected chi connectivity index (χ1v) is 15.9. The van der Waals surface area contributed by atoms with Crippen LogP contribution in [-0.4, -0.2) is 40.6 Å². The molecule has 0 aliphatic heterocycles. The van der Waals surface area contributed by atoms with Gasteiger partial charge in [-0.05, 0) is 0 Å². The van der Waals surface area contributed by atoms with Crippen LogP contribution >= 0.6 is 8.52 Å². The molecule has 0 unspecified atom stereocenters. The van der Waals surface area contributed by atoms with Crippen molar-refractivity contribution in [2.75, 3.05) is 0 Å². The van der Waals surface area contributed by atoms with Crippen LogP contribution in [0.25, 0.3) is 0 Å². The van der Waals surface area contributed by atoms with Gasteiger partial charge in [-0.3, -0.25) is 0 Å². The fourth-order valence-electron chi connectivity index (χ4n) is 0.904. The van der Waals surface area contributed by atoms with E-state index in [9.17, 15) is 4.79 Å². The molecule has 0 saturated heterocycles. The zero-order chi connectivity index (χ0) is 10.4. The van der Waals surface area contributed by atoms with Gasteiger partial charge in [-0.25, -0.2) is 0 Å². The van der Waals surface area contributed by atoms with Gasteiger partial charge in [0.15, 0.2) is 0 Å². The summed E-state index contributed by atoms with van der Waals surface area (Å²) in [5.41, 5.74) is 0.240. The van der Waals surface area contributed by atoms with E-state index in [1.54, 1.807) is 24.3 Å². The second-order valence-corrected chi connectivity index (χ2v) is 14.9. The topological polar surface area (TPSA) is 46.5 Å². The van der Waals surface area contributed by atoms with Crippen molar-refractivity contribution in [3.05, 3.63) is 29.8 Å².